The monoisotopic (exact) mass is 313 g/mol. The van der Waals surface area contributed by atoms with Crippen molar-refractivity contribution in [2.45, 2.75) is 45.7 Å². The third kappa shape index (κ3) is 3.73. The molecule has 0 unspecified atom stereocenters. The molecule has 1 amide bonds. The van der Waals surface area contributed by atoms with Gasteiger partial charge in [0.15, 0.2) is 0 Å². The molecule has 2 aromatic rings. The highest BCUT2D eigenvalue weighted by Gasteiger charge is 2.22. The van der Waals surface area contributed by atoms with Gasteiger partial charge in [-0.3, -0.25) is 4.79 Å². The maximum atomic E-state index is 12.1. The lowest BCUT2D eigenvalue weighted by Gasteiger charge is -2.37. The summed E-state index contributed by atoms with van der Waals surface area (Å²) in [7, 11) is 0. The number of benzene rings is 1. The zero-order valence-corrected chi connectivity index (χ0v) is 13.7. The molecule has 0 aliphatic carbocycles. The van der Waals surface area contributed by atoms with Crippen LogP contribution in [0.15, 0.2) is 34.9 Å². The fourth-order valence-electron chi connectivity index (χ4n) is 3.10. The molecule has 0 saturated carbocycles. The van der Waals surface area contributed by atoms with Crippen molar-refractivity contribution in [3.63, 3.8) is 0 Å². The Morgan fingerprint density at radius 2 is 2.26 bits per heavy atom. The molecule has 5 heteroatoms. The second kappa shape index (κ2) is 6.86. The topological polar surface area (TPSA) is 58.4 Å². The average Bonchev–Trinajstić information content (AvgIpc) is 2.97. The number of amides is 1. The van der Waals surface area contributed by atoms with E-state index in [0.717, 1.165) is 30.8 Å². The number of hydrogen-bond donors (Lipinski definition) is 1. The molecule has 1 atom stereocenters. The minimum absolute atomic E-state index is 0.0425. The number of carbonyl (C=O) groups excluding carboxylic acids is 1. The number of carbonyl (C=O) groups is 1. The number of aromatic nitrogens is 1. The van der Waals surface area contributed by atoms with E-state index in [1.54, 1.807) is 0 Å². The first-order chi connectivity index (χ1) is 11.1. The number of para-hydroxylation sites is 1. The summed E-state index contributed by atoms with van der Waals surface area (Å²) in [6, 6.07) is 10.8. The third-order valence-corrected chi connectivity index (χ3v) is 4.39. The van der Waals surface area contributed by atoms with Crippen LogP contribution >= 0.6 is 0 Å². The first kappa shape index (κ1) is 15.6. The molecule has 2 heterocycles. The maximum absolute atomic E-state index is 12.1. The standard InChI is InChI=1S/C18H23N3O2/c1-13-7-8-15-5-3-4-6-17(15)21(13)10-9-18(22)19-12-16-11-14(2)23-20-16/h3-6,11,13H,7-10,12H2,1-2H3,(H,19,22)/t13-/m1/s1. The number of nitrogens with one attached hydrogen (secondary N) is 1. The van der Waals surface area contributed by atoms with E-state index >= 15 is 0 Å². The van der Waals surface area contributed by atoms with Crippen molar-refractivity contribution in [1.29, 1.82) is 0 Å². The third-order valence-electron chi connectivity index (χ3n) is 4.39. The van der Waals surface area contributed by atoms with Crippen LogP contribution in [0.5, 0.6) is 0 Å². The van der Waals surface area contributed by atoms with Crippen LogP contribution in [0.3, 0.4) is 0 Å². The molecule has 122 valence electrons. The highest BCUT2D eigenvalue weighted by atomic mass is 16.5. The molecule has 1 aliphatic heterocycles. The van der Waals surface area contributed by atoms with E-state index in [2.05, 4.69) is 46.6 Å². The van der Waals surface area contributed by atoms with E-state index in [4.69, 9.17) is 4.52 Å². The van der Waals surface area contributed by atoms with Gasteiger partial charge in [0.05, 0.1) is 6.54 Å². The van der Waals surface area contributed by atoms with E-state index < -0.39 is 0 Å². The minimum atomic E-state index is 0.0425. The van der Waals surface area contributed by atoms with Gasteiger partial charge in [0, 0.05) is 30.8 Å². The van der Waals surface area contributed by atoms with Gasteiger partial charge >= 0.3 is 0 Å². The first-order valence-corrected chi connectivity index (χ1v) is 8.17. The zero-order chi connectivity index (χ0) is 16.2. The molecule has 0 saturated heterocycles. The molecule has 5 nitrogen and oxygen atoms in total. The van der Waals surface area contributed by atoms with E-state index in [-0.39, 0.29) is 5.91 Å². The second-order valence-electron chi connectivity index (χ2n) is 6.17. The van der Waals surface area contributed by atoms with Gasteiger partial charge in [0.25, 0.3) is 0 Å². The summed E-state index contributed by atoms with van der Waals surface area (Å²) < 4.78 is 5.00. The Labute approximate surface area is 136 Å². The number of aryl methyl sites for hydroxylation is 2. The molecular weight excluding hydrogens is 290 g/mol. The van der Waals surface area contributed by atoms with Gasteiger partial charge in [0.2, 0.25) is 5.91 Å². The predicted molar refractivity (Wildman–Crippen MR) is 89.3 cm³/mol. The fraction of sp³-hybridized carbons (Fsp3) is 0.444. The number of fused-ring (bicyclic) bond motifs is 1. The quantitative estimate of drug-likeness (QED) is 0.922. The van der Waals surface area contributed by atoms with Crippen LogP contribution in [0, 0.1) is 6.92 Å². The molecule has 23 heavy (non-hydrogen) atoms. The number of hydrogen-bond acceptors (Lipinski definition) is 4. The Morgan fingerprint density at radius 3 is 3.04 bits per heavy atom. The number of anilines is 1. The van der Waals surface area contributed by atoms with Crippen LogP contribution in [-0.4, -0.2) is 23.7 Å². The first-order valence-electron chi connectivity index (χ1n) is 8.17. The summed E-state index contributed by atoms with van der Waals surface area (Å²) in [6.07, 6.45) is 2.73. The zero-order valence-electron chi connectivity index (χ0n) is 13.7. The predicted octanol–water partition coefficient (Wildman–Crippen LogP) is 2.83. The molecule has 1 aliphatic rings. The molecule has 3 rings (SSSR count). The maximum Gasteiger partial charge on any atom is 0.222 e. The highest BCUT2D eigenvalue weighted by molar-refractivity contribution is 5.76. The summed E-state index contributed by atoms with van der Waals surface area (Å²) in [5, 5.41) is 6.78. The molecule has 1 aromatic carbocycles. The normalized spacial score (nSPS) is 17.0. The summed E-state index contributed by atoms with van der Waals surface area (Å²) in [4.78, 5) is 14.4. The summed E-state index contributed by atoms with van der Waals surface area (Å²) >= 11 is 0. The summed E-state index contributed by atoms with van der Waals surface area (Å²) in [5.74, 6) is 0.800. The van der Waals surface area contributed by atoms with Gasteiger partial charge in [-0.1, -0.05) is 23.4 Å². The van der Waals surface area contributed by atoms with Gasteiger partial charge < -0.3 is 14.7 Å². The van der Waals surface area contributed by atoms with Crippen LogP contribution in [0.1, 0.15) is 36.8 Å². The molecule has 0 radical (unpaired) electrons. The Hall–Kier alpha value is -2.30. The van der Waals surface area contributed by atoms with Gasteiger partial charge in [-0.25, -0.2) is 0 Å². The fourth-order valence-corrected chi connectivity index (χ4v) is 3.10. The van der Waals surface area contributed by atoms with Crippen LogP contribution < -0.4 is 10.2 Å². The SMILES string of the molecule is Cc1cc(CNC(=O)CCN2c3ccccc3CC[C@H]2C)no1. The van der Waals surface area contributed by atoms with Gasteiger partial charge in [0.1, 0.15) is 11.5 Å². The number of nitrogens with zero attached hydrogens (tertiary/aromatic N) is 2. The lowest BCUT2D eigenvalue weighted by atomic mass is 9.96. The number of rotatable bonds is 5. The molecule has 1 N–H and O–H groups in total. The highest BCUT2D eigenvalue weighted by Crippen LogP contribution is 2.30. The average molecular weight is 313 g/mol. The molecule has 0 spiro atoms. The van der Waals surface area contributed by atoms with E-state index in [0.29, 0.717) is 19.0 Å². The largest absolute Gasteiger partial charge is 0.368 e. The van der Waals surface area contributed by atoms with Crippen molar-refractivity contribution in [1.82, 2.24) is 10.5 Å². The van der Waals surface area contributed by atoms with E-state index in [1.165, 1.54) is 11.3 Å². The summed E-state index contributed by atoms with van der Waals surface area (Å²) in [5.41, 5.74) is 3.41. The van der Waals surface area contributed by atoms with Crippen molar-refractivity contribution in [3.05, 3.63) is 47.3 Å². The smallest absolute Gasteiger partial charge is 0.222 e. The Morgan fingerprint density at radius 1 is 1.43 bits per heavy atom. The van der Waals surface area contributed by atoms with Crippen molar-refractivity contribution < 1.29 is 9.32 Å². The van der Waals surface area contributed by atoms with Crippen LogP contribution in [0.25, 0.3) is 0 Å². The Balaban J connectivity index is 1.54. The van der Waals surface area contributed by atoms with Crippen molar-refractivity contribution >= 4 is 11.6 Å². The summed E-state index contributed by atoms with van der Waals surface area (Å²) in [6.45, 7) is 5.23. The molecule has 1 aromatic heterocycles. The minimum Gasteiger partial charge on any atom is -0.368 e. The van der Waals surface area contributed by atoms with Crippen LogP contribution in [0.2, 0.25) is 0 Å². The lowest BCUT2D eigenvalue weighted by Crippen LogP contribution is -2.39. The van der Waals surface area contributed by atoms with E-state index in [9.17, 15) is 4.79 Å². The van der Waals surface area contributed by atoms with Gasteiger partial charge in [-0.2, -0.15) is 0 Å². The Kier molecular flexibility index (Phi) is 4.65. The van der Waals surface area contributed by atoms with E-state index in [1.807, 2.05) is 13.0 Å². The molecular formula is C18H23N3O2. The lowest BCUT2D eigenvalue weighted by molar-refractivity contribution is -0.121. The van der Waals surface area contributed by atoms with Gasteiger partial charge in [-0.15, -0.1) is 0 Å². The molecule has 0 fully saturated rings. The van der Waals surface area contributed by atoms with Crippen LogP contribution in [-0.2, 0) is 17.8 Å². The molecule has 0 bridgehead atoms. The van der Waals surface area contributed by atoms with Crippen LogP contribution in [0.4, 0.5) is 5.69 Å². The second-order valence-corrected chi connectivity index (χ2v) is 6.17. The Bertz CT molecular complexity index is 680. The van der Waals surface area contributed by atoms with Crippen molar-refractivity contribution in [3.8, 4) is 0 Å². The van der Waals surface area contributed by atoms with Gasteiger partial charge in [-0.05, 0) is 38.3 Å². The van der Waals surface area contributed by atoms with Crippen molar-refractivity contribution in [2.75, 3.05) is 11.4 Å². The van der Waals surface area contributed by atoms with Crippen molar-refractivity contribution in [2.24, 2.45) is 0 Å².